The third kappa shape index (κ3) is 4.45. The average molecular weight is 198 g/mol. The molecule has 0 aromatic heterocycles. The van der Waals surface area contributed by atoms with E-state index < -0.39 is 17.9 Å². The SMILES string of the molecule is C=COC(=O)C(C)COC(=O)C(=C)C. The van der Waals surface area contributed by atoms with Crippen molar-refractivity contribution >= 4 is 11.9 Å². The van der Waals surface area contributed by atoms with Crippen LogP contribution in [0.2, 0.25) is 0 Å². The molecule has 0 saturated carbocycles. The Labute approximate surface area is 83.2 Å². The van der Waals surface area contributed by atoms with Gasteiger partial charge in [-0.25, -0.2) is 4.79 Å². The van der Waals surface area contributed by atoms with Crippen LogP contribution in [0.25, 0.3) is 0 Å². The number of ether oxygens (including phenoxy) is 2. The lowest BCUT2D eigenvalue weighted by molar-refractivity contribution is -0.148. The van der Waals surface area contributed by atoms with Crippen LogP contribution in [0.1, 0.15) is 13.8 Å². The molecule has 0 bridgehead atoms. The van der Waals surface area contributed by atoms with E-state index in [0.29, 0.717) is 5.57 Å². The summed E-state index contributed by atoms with van der Waals surface area (Å²) in [6.07, 6.45) is 1.04. The fourth-order valence-electron chi connectivity index (χ4n) is 0.590. The average Bonchev–Trinajstić information content (AvgIpc) is 2.13. The maximum Gasteiger partial charge on any atom is 0.333 e. The van der Waals surface area contributed by atoms with Crippen LogP contribution in [0.4, 0.5) is 0 Å². The highest BCUT2D eigenvalue weighted by atomic mass is 16.5. The van der Waals surface area contributed by atoms with Crippen molar-refractivity contribution in [1.29, 1.82) is 0 Å². The zero-order valence-corrected chi connectivity index (χ0v) is 8.41. The standard InChI is InChI=1S/C10H14O4/c1-5-13-10(12)8(4)6-14-9(11)7(2)3/h5,8H,1-2,6H2,3-4H3. The molecular weight excluding hydrogens is 184 g/mol. The van der Waals surface area contributed by atoms with E-state index in [1.807, 2.05) is 0 Å². The van der Waals surface area contributed by atoms with E-state index in [4.69, 9.17) is 4.74 Å². The van der Waals surface area contributed by atoms with Crippen LogP contribution in [0.15, 0.2) is 25.0 Å². The van der Waals surface area contributed by atoms with Crippen LogP contribution >= 0.6 is 0 Å². The molecule has 1 unspecified atom stereocenters. The molecule has 0 aliphatic carbocycles. The van der Waals surface area contributed by atoms with E-state index in [0.717, 1.165) is 6.26 Å². The van der Waals surface area contributed by atoms with Gasteiger partial charge in [-0.2, -0.15) is 0 Å². The fraction of sp³-hybridized carbons (Fsp3) is 0.400. The molecule has 0 aromatic rings. The van der Waals surface area contributed by atoms with Crippen LogP contribution in [0.5, 0.6) is 0 Å². The van der Waals surface area contributed by atoms with Crippen LogP contribution in [-0.4, -0.2) is 18.5 Å². The molecule has 1 atom stereocenters. The Bertz CT molecular complexity index is 255. The van der Waals surface area contributed by atoms with E-state index in [2.05, 4.69) is 17.9 Å². The molecule has 0 spiro atoms. The van der Waals surface area contributed by atoms with Crippen LogP contribution in [0, 0.1) is 5.92 Å². The third-order valence-electron chi connectivity index (χ3n) is 1.41. The Morgan fingerprint density at radius 3 is 2.50 bits per heavy atom. The maximum atomic E-state index is 11.0. The monoisotopic (exact) mass is 198 g/mol. The van der Waals surface area contributed by atoms with Crippen LogP contribution in [-0.2, 0) is 19.1 Å². The normalized spacial score (nSPS) is 11.3. The Morgan fingerprint density at radius 2 is 2.07 bits per heavy atom. The Kier molecular flexibility index (Phi) is 5.29. The molecule has 0 rings (SSSR count). The third-order valence-corrected chi connectivity index (χ3v) is 1.41. The van der Waals surface area contributed by atoms with Gasteiger partial charge in [-0.05, 0) is 13.8 Å². The number of hydrogen-bond acceptors (Lipinski definition) is 4. The molecular formula is C10H14O4. The highest BCUT2D eigenvalue weighted by Crippen LogP contribution is 2.02. The second-order valence-corrected chi connectivity index (χ2v) is 2.88. The smallest absolute Gasteiger partial charge is 0.333 e. The zero-order chi connectivity index (χ0) is 11.1. The second-order valence-electron chi connectivity index (χ2n) is 2.88. The molecule has 0 saturated heterocycles. The minimum Gasteiger partial charge on any atom is -0.461 e. The predicted molar refractivity (Wildman–Crippen MR) is 51.2 cm³/mol. The topological polar surface area (TPSA) is 52.6 Å². The highest BCUT2D eigenvalue weighted by Gasteiger charge is 2.16. The molecule has 4 nitrogen and oxygen atoms in total. The summed E-state index contributed by atoms with van der Waals surface area (Å²) in [5, 5.41) is 0. The van der Waals surface area contributed by atoms with Crippen molar-refractivity contribution < 1.29 is 19.1 Å². The minimum atomic E-state index is -0.511. The van der Waals surface area contributed by atoms with Gasteiger partial charge in [0.05, 0.1) is 12.2 Å². The van der Waals surface area contributed by atoms with Gasteiger partial charge in [-0.1, -0.05) is 13.2 Å². The molecule has 4 heteroatoms. The summed E-state index contributed by atoms with van der Waals surface area (Å²) in [5.74, 6) is -1.49. The van der Waals surface area contributed by atoms with Gasteiger partial charge in [0.15, 0.2) is 0 Å². The summed E-state index contributed by atoms with van der Waals surface area (Å²) >= 11 is 0. The first-order valence-corrected chi connectivity index (χ1v) is 4.13. The van der Waals surface area contributed by atoms with Gasteiger partial charge in [0.2, 0.25) is 0 Å². The summed E-state index contributed by atoms with van der Waals surface area (Å²) < 4.78 is 9.27. The first-order chi connectivity index (χ1) is 6.49. The molecule has 0 heterocycles. The van der Waals surface area contributed by atoms with Gasteiger partial charge in [-0.3, -0.25) is 4.79 Å². The molecule has 0 radical (unpaired) electrons. The quantitative estimate of drug-likeness (QED) is 0.381. The van der Waals surface area contributed by atoms with Crippen molar-refractivity contribution in [3.05, 3.63) is 25.0 Å². The maximum absolute atomic E-state index is 11.0. The van der Waals surface area contributed by atoms with Crippen molar-refractivity contribution in [1.82, 2.24) is 0 Å². The van der Waals surface area contributed by atoms with Gasteiger partial charge in [-0.15, -0.1) is 0 Å². The van der Waals surface area contributed by atoms with Crippen LogP contribution < -0.4 is 0 Å². The molecule has 0 aromatic carbocycles. The largest absolute Gasteiger partial charge is 0.461 e. The highest BCUT2D eigenvalue weighted by molar-refractivity contribution is 5.87. The van der Waals surface area contributed by atoms with E-state index >= 15 is 0 Å². The number of hydrogen-bond donors (Lipinski definition) is 0. The van der Waals surface area contributed by atoms with Crippen molar-refractivity contribution in [2.45, 2.75) is 13.8 Å². The second kappa shape index (κ2) is 5.96. The van der Waals surface area contributed by atoms with Crippen molar-refractivity contribution in [2.24, 2.45) is 5.92 Å². The minimum absolute atomic E-state index is 0.0155. The first-order valence-electron chi connectivity index (χ1n) is 4.13. The molecule has 0 aliphatic heterocycles. The summed E-state index contributed by atoms with van der Waals surface area (Å²) in [6.45, 7) is 9.76. The predicted octanol–water partition coefficient (Wildman–Crippen LogP) is 1.43. The van der Waals surface area contributed by atoms with Gasteiger partial charge >= 0.3 is 11.9 Å². The summed E-state index contributed by atoms with van der Waals surface area (Å²) in [5.41, 5.74) is 0.300. The molecule has 78 valence electrons. The lowest BCUT2D eigenvalue weighted by Gasteiger charge is -2.09. The molecule has 0 fully saturated rings. The van der Waals surface area contributed by atoms with E-state index in [-0.39, 0.29) is 6.61 Å². The number of rotatable bonds is 5. The Morgan fingerprint density at radius 1 is 1.50 bits per heavy atom. The van der Waals surface area contributed by atoms with E-state index in [1.54, 1.807) is 6.92 Å². The summed E-state index contributed by atoms with van der Waals surface area (Å²) in [4.78, 5) is 22.0. The van der Waals surface area contributed by atoms with E-state index in [9.17, 15) is 9.59 Å². The van der Waals surface area contributed by atoms with Crippen LogP contribution in [0.3, 0.4) is 0 Å². The molecule has 0 aliphatic rings. The Hall–Kier alpha value is -1.58. The summed E-state index contributed by atoms with van der Waals surface area (Å²) in [7, 11) is 0. The van der Waals surface area contributed by atoms with Crippen molar-refractivity contribution in [3.8, 4) is 0 Å². The molecule has 0 N–H and O–H groups in total. The molecule has 0 amide bonds. The van der Waals surface area contributed by atoms with Crippen molar-refractivity contribution in [2.75, 3.05) is 6.61 Å². The van der Waals surface area contributed by atoms with Crippen molar-refractivity contribution in [3.63, 3.8) is 0 Å². The fourth-order valence-corrected chi connectivity index (χ4v) is 0.590. The zero-order valence-electron chi connectivity index (χ0n) is 8.41. The lowest BCUT2D eigenvalue weighted by atomic mass is 10.2. The number of carbonyl (C=O) groups excluding carboxylic acids is 2. The van der Waals surface area contributed by atoms with Gasteiger partial charge in [0.25, 0.3) is 0 Å². The van der Waals surface area contributed by atoms with Gasteiger partial charge in [0.1, 0.15) is 6.61 Å². The van der Waals surface area contributed by atoms with Gasteiger partial charge < -0.3 is 9.47 Å². The number of esters is 2. The first kappa shape index (κ1) is 12.4. The number of carbonyl (C=O) groups is 2. The lowest BCUT2D eigenvalue weighted by Crippen LogP contribution is -2.20. The van der Waals surface area contributed by atoms with Gasteiger partial charge in [0, 0.05) is 5.57 Å². The van der Waals surface area contributed by atoms with E-state index in [1.165, 1.54) is 6.92 Å². The molecule has 14 heavy (non-hydrogen) atoms. The Balaban J connectivity index is 3.90. The summed E-state index contributed by atoms with van der Waals surface area (Å²) in [6, 6.07) is 0.